The minimum absolute atomic E-state index is 0.474. The first-order valence-corrected chi connectivity index (χ1v) is 7.93. The molecule has 0 aliphatic heterocycles. The zero-order valence-corrected chi connectivity index (χ0v) is 13.5. The molecule has 0 saturated carbocycles. The van der Waals surface area contributed by atoms with E-state index in [1.54, 1.807) is 17.8 Å². The van der Waals surface area contributed by atoms with Gasteiger partial charge in [0.05, 0.1) is 0 Å². The lowest BCUT2D eigenvalue weighted by molar-refractivity contribution is 0.215. The molecule has 0 fully saturated rings. The largest absolute Gasteiger partial charge is 0.417 e. The second kappa shape index (κ2) is 6.68. The van der Waals surface area contributed by atoms with E-state index in [2.05, 4.69) is 5.32 Å². The molecular formula is C17H19NO2S. The summed E-state index contributed by atoms with van der Waals surface area (Å²) in [5.74, 6) is 0.549. The summed E-state index contributed by atoms with van der Waals surface area (Å²) in [5, 5.41) is 2.77. The lowest BCUT2D eigenvalue weighted by Gasteiger charge is -2.10. The summed E-state index contributed by atoms with van der Waals surface area (Å²) in [6.45, 7) is 5.98. The Hall–Kier alpha value is -1.94. The first kappa shape index (κ1) is 15.4. The molecule has 1 N–H and O–H groups in total. The SMILES string of the molecule is CSc1ccc(OC(=O)Nc2ccc(C)cc2C)cc1C. The van der Waals surface area contributed by atoms with Gasteiger partial charge in [-0.25, -0.2) is 4.79 Å². The van der Waals surface area contributed by atoms with Crippen molar-refractivity contribution in [3.05, 3.63) is 53.1 Å². The third kappa shape index (κ3) is 4.02. The van der Waals surface area contributed by atoms with Gasteiger partial charge >= 0.3 is 6.09 Å². The summed E-state index contributed by atoms with van der Waals surface area (Å²) in [6, 6.07) is 11.5. The number of nitrogens with one attached hydrogen (secondary N) is 1. The highest BCUT2D eigenvalue weighted by Crippen LogP contribution is 2.24. The fourth-order valence-corrected chi connectivity index (χ4v) is 2.70. The number of rotatable bonds is 3. The Labute approximate surface area is 129 Å². The van der Waals surface area contributed by atoms with Gasteiger partial charge < -0.3 is 4.74 Å². The highest BCUT2D eigenvalue weighted by molar-refractivity contribution is 7.98. The number of ether oxygens (including phenoxy) is 1. The van der Waals surface area contributed by atoms with Crippen molar-refractivity contribution in [3.8, 4) is 5.75 Å². The van der Waals surface area contributed by atoms with Crippen LogP contribution in [0.1, 0.15) is 16.7 Å². The summed E-state index contributed by atoms with van der Waals surface area (Å²) in [5.41, 5.74) is 4.04. The van der Waals surface area contributed by atoms with Crippen LogP contribution in [0.15, 0.2) is 41.3 Å². The molecule has 0 spiro atoms. The number of hydrogen-bond acceptors (Lipinski definition) is 3. The van der Waals surface area contributed by atoms with E-state index in [9.17, 15) is 4.79 Å². The maximum Gasteiger partial charge on any atom is 0.417 e. The summed E-state index contributed by atoms with van der Waals surface area (Å²) in [4.78, 5) is 13.1. The summed E-state index contributed by atoms with van der Waals surface area (Å²) in [6.07, 6.45) is 1.55. The molecule has 0 aromatic heterocycles. The van der Waals surface area contributed by atoms with Crippen LogP contribution in [-0.2, 0) is 0 Å². The van der Waals surface area contributed by atoms with Crippen LogP contribution in [0.5, 0.6) is 5.75 Å². The van der Waals surface area contributed by atoms with Gasteiger partial charge in [-0.1, -0.05) is 17.7 Å². The van der Waals surface area contributed by atoms with E-state index in [4.69, 9.17) is 4.74 Å². The number of carbonyl (C=O) groups excluding carboxylic acids is 1. The first-order chi connectivity index (χ1) is 9.99. The molecule has 0 heterocycles. The number of benzene rings is 2. The molecule has 2 aromatic rings. The molecule has 0 aliphatic rings. The summed E-state index contributed by atoms with van der Waals surface area (Å²) >= 11 is 1.67. The van der Waals surface area contributed by atoms with Gasteiger partial charge in [-0.05, 0) is 62.4 Å². The molecule has 4 heteroatoms. The van der Waals surface area contributed by atoms with Crippen LogP contribution in [0.25, 0.3) is 0 Å². The third-order valence-corrected chi connectivity index (χ3v) is 4.09. The Balaban J connectivity index is 2.06. The van der Waals surface area contributed by atoms with Gasteiger partial charge in [0.2, 0.25) is 0 Å². The zero-order valence-electron chi connectivity index (χ0n) is 12.7. The second-order valence-electron chi connectivity index (χ2n) is 4.96. The number of thioether (sulfide) groups is 1. The molecule has 110 valence electrons. The predicted octanol–water partition coefficient (Wildman–Crippen LogP) is 4.94. The number of carbonyl (C=O) groups is 1. The van der Waals surface area contributed by atoms with Crippen molar-refractivity contribution in [3.63, 3.8) is 0 Å². The Bertz CT molecular complexity index is 668. The molecule has 2 rings (SSSR count). The van der Waals surface area contributed by atoms with E-state index in [1.807, 2.05) is 57.4 Å². The molecule has 0 bridgehead atoms. The minimum atomic E-state index is -0.474. The highest BCUT2D eigenvalue weighted by atomic mass is 32.2. The van der Waals surface area contributed by atoms with Gasteiger partial charge in [-0.15, -0.1) is 11.8 Å². The van der Waals surface area contributed by atoms with Crippen LogP contribution in [0.2, 0.25) is 0 Å². The number of hydrogen-bond donors (Lipinski definition) is 1. The Morgan fingerprint density at radius 1 is 1.05 bits per heavy atom. The van der Waals surface area contributed by atoms with Gasteiger partial charge in [0.15, 0.2) is 0 Å². The summed E-state index contributed by atoms with van der Waals surface area (Å²) < 4.78 is 5.32. The first-order valence-electron chi connectivity index (χ1n) is 6.70. The van der Waals surface area contributed by atoms with E-state index in [0.717, 1.165) is 22.4 Å². The van der Waals surface area contributed by atoms with Crippen LogP contribution in [0, 0.1) is 20.8 Å². The van der Waals surface area contributed by atoms with Crippen molar-refractivity contribution in [1.29, 1.82) is 0 Å². The number of amides is 1. The topological polar surface area (TPSA) is 38.3 Å². The molecule has 1 amide bonds. The van der Waals surface area contributed by atoms with Crippen LogP contribution in [0.4, 0.5) is 10.5 Å². The van der Waals surface area contributed by atoms with Gasteiger partial charge in [0.1, 0.15) is 5.75 Å². The lowest BCUT2D eigenvalue weighted by atomic mass is 10.1. The lowest BCUT2D eigenvalue weighted by Crippen LogP contribution is -2.17. The Morgan fingerprint density at radius 3 is 2.43 bits per heavy atom. The van der Waals surface area contributed by atoms with Gasteiger partial charge in [-0.2, -0.15) is 0 Å². The molecule has 0 radical (unpaired) electrons. The Kier molecular flexibility index (Phi) is 4.91. The van der Waals surface area contributed by atoms with E-state index < -0.39 is 6.09 Å². The van der Waals surface area contributed by atoms with Crippen LogP contribution in [-0.4, -0.2) is 12.3 Å². The molecule has 0 saturated heterocycles. The average molecular weight is 301 g/mol. The van der Waals surface area contributed by atoms with Crippen molar-refractivity contribution in [2.45, 2.75) is 25.7 Å². The van der Waals surface area contributed by atoms with E-state index >= 15 is 0 Å². The van der Waals surface area contributed by atoms with E-state index in [0.29, 0.717) is 5.75 Å². The second-order valence-corrected chi connectivity index (χ2v) is 5.81. The molecule has 0 aliphatic carbocycles. The highest BCUT2D eigenvalue weighted by Gasteiger charge is 2.08. The maximum absolute atomic E-state index is 11.9. The van der Waals surface area contributed by atoms with Crippen molar-refractivity contribution in [1.82, 2.24) is 0 Å². The Morgan fingerprint density at radius 2 is 1.81 bits per heavy atom. The maximum atomic E-state index is 11.9. The van der Waals surface area contributed by atoms with Crippen LogP contribution < -0.4 is 10.1 Å². The average Bonchev–Trinajstić information content (AvgIpc) is 2.42. The van der Waals surface area contributed by atoms with Crippen molar-refractivity contribution in [2.75, 3.05) is 11.6 Å². The number of aryl methyl sites for hydroxylation is 3. The molecule has 2 aromatic carbocycles. The van der Waals surface area contributed by atoms with Gasteiger partial charge in [0, 0.05) is 10.6 Å². The monoisotopic (exact) mass is 301 g/mol. The molecule has 0 atom stereocenters. The van der Waals surface area contributed by atoms with Crippen molar-refractivity contribution in [2.24, 2.45) is 0 Å². The van der Waals surface area contributed by atoms with Crippen LogP contribution >= 0.6 is 11.8 Å². The molecule has 3 nitrogen and oxygen atoms in total. The van der Waals surface area contributed by atoms with Crippen LogP contribution in [0.3, 0.4) is 0 Å². The fraction of sp³-hybridized carbons (Fsp3) is 0.235. The predicted molar refractivity (Wildman–Crippen MR) is 88.5 cm³/mol. The van der Waals surface area contributed by atoms with Gasteiger partial charge in [0.25, 0.3) is 0 Å². The van der Waals surface area contributed by atoms with Crippen molar-refractivity contribution >= 4 is 23.5 Å². The number of anilines is 1. The van der Waals surface area contributed by atoms with Gasteiger partial charge in [-0.3, -0.25) is 5.32 Å². The molecular weight excluding hydrogens is 282 g/mol. The zero-order chi connectivity index (χ0) is 15.4. The normalized spacial score (nSPS) is 10.3. The molecule has 21 heavy (non-hydrogen) atoms. The fourth-order valence-electron chi connectivity index (χ4n) is 2.11. The third-order valence-electron chi connectivity index (χ3n) is 3.20. The summed E-state index contributed by atoms with van der Waals surface area (Å²) in [7, 11) is 0. The molecule has 0 unspecified atom stereocenters. The standard InChI is InChI=1S/C17H19NO2S/c1-11-5-7-15(12(2)9-11)18-17(19)20-14-6-8-16(21-4)13(3)10-14/h5-10H,1-4H3,(H,18,19). The van der Waals surface area contributed by atoms with E-state index in [-0.39, 0.29) is 0 Å². The smallest absolute Gasteiger partial charge is 0.410 e. The van der Waals surface area contributed by atoms with Crippen molar-refractivity contribution < 1.29 is 9.53 Å². The quantitative estimate of drug-likeness (QED) is 0.816. The van der Waals surface area contributed by atoms with E-state index in [1.165, 1.54) is 4.90 Å². The minimum Gasteiger partial charge on any atom is -0.410 e.